The van der Waals surface area contributed by atoms with Crippen LogP contribution in [0, 0.1) is 0 Å². The Morgan fingerprint density at radius 2 is 2.00 bits per heavy atom. The fourth-order valence-electron chi connectivity index (χ4n) is 2.01. The number of nitrogens with zero attached hydrogens (tertiary/aromatic N) is 4. The molecule has 0 fully saturated rings. The van der Waals surface area contributed by atoms with Crippen molar-refractivity contribution < 1.29 is 9.90 Å². The van der Waals surface area contributed by atoms with Gasteiger partial charge in [-0.25, -0.2) is 4.68 Å². The molecule has 0 aliphatic rings. The molecule has 2 heterocycles. The molecular weight excluding hydrogens is 288 g/mol. The first-order chi connectivity index (χ1) is 10.2. The lowest BCUT2D eigenvalue weighted by Crippen LogP contribution is -2.11. The van der Waals surface area contributed by atoms with Gasteiger partial charge in [0.15, 0.2) is 5.82 Å². The number of aromatic nitrogens is 4. The minimum atomic E-state index is -0.968. The van der Waals surface area contributed by atoms with E-state index in [1.807, 2.05) is 30.3 Å². The lowest BCUT2D eigenvalue weighted by molar-refractivity contribution is -0.137. The molecule has 0 bridgehead atoms. The highest BCUT2D eigenvalue weighted by atomic mass is 32.1. The maximum Gasteiger partial charge on any atom is 0.325 e. The highest BCUT2D eigenvalue weighted by Crippen LogP contribution is 2.27. The third kappa shape index (κ3) is 3.14. The van der Waals surface area contributed by atoms with Crippen molar-refractivity contribution >= 4 is 17.3 Å². The Balaban J connectivity index is 1.82. The van der Waals surface area contributed by atoms with Crippen LogP contribution in [0.3, 0.4) is 0 Å². The van der Waals surface area contributed by atoms with Crippen molar-refractivity contribution in [1.82, 2.24) is 20.2 Å². The van der Waals surface area contributed by atoms with Crippen molar-refractivity contribution in [2.24, 2.45) is 0 Å². The van der Waals surface area contributed by atoms with Gasteiger partial charge in [-0.1, -0.05) is 30.3 Å². The fourth-order valence-corrected chi connectivity index (χ4v) is 3.04. The molecule has 0 unspecified atom stereocenters. The van der Waals surface area contributed by atoms with Crippen molar-refractivity contribution in [3.63, 3.8) is 0 Å². The normalized spacial score (nSPS) is 10.7. The number of benzene rings is 1. The Kier molecular flexibility index (Phi) is 3.74. The van der Waals surface area contributed by atoms with Gasteiger partial charge in [0, 0.05) is 11.3 Å². The second kappa shape index (κ2) is 5.84. The molecule has 0 saturated heterocycles. The first-order valence-electron chi connectivity index (χ1n) is 6.33. The van der Waals surface area contributed by atoms with E-state index in [4.69, 9.17) is 5.11 Å². The molecule has 0 amide bonds. The second-order valence-corrected chi connectivity index (χ2v) is 5.65. The van der Waals surface area contributed by atoms with Gasteiger partial charge in [0.2, 0.25) is 0 Å². The van der Waals surface area contributed by atoms with Crippen molar-refractivity contribution in [3.8, 4) is 10.7 Å². The maximum absolute atomic E-state index is 10.8. The monoisotopic (exact) mass is 300 g/mol. The maximum atomic E-state index is 10.8. The fraction of sp³-hybridized carbons (Fsp3) is 0.143. The van der Waals surface area contributed by atoms with Gasteiger partial charge in [-0.15, -0.1) is 16.4 Å². The summed E-state index contributed by atoms with van der Waals surface area (Å²) in [6.07, 6.45) is 0.839. The molecule has 0 saturated carbocycles. The number of rotatable bonds is 5. The van der Waals surface area contributed by atoms with Crippen molar-refractivity contribution in [3.05, 3.63) is 52.9 Å². The van der Waals surface area contributed by atoms with Gasteiger partial charge in [0.1, 0.15) is 6.54 Å². The van der Waals surface area contributed by atoms with E-state index in [0.717, 1.165) is 11.3 Å². The molecule has 3 aromatic rings. The Morgan fingerprint density at radius 1 is 1.19 bits per heavy atom. The summed E-state index contributed by atoms with van der Waals surface area (Å²) in [5.74, 6) is -0.480. The standard InChI is InChI=1S/C14H12N4O2S/c19-13(20)9-18-14(15-16-17-18)12-7-6-11(21-12)8-10-4-2-1-3-5-10/h1-7H,8-9H2,(H,19,20). The molecule has 0 atom stereocenters. The van der Waals surface area contributed by atoms with Gasteiger partial charge in [0.25, 0.3) is 0 Å². The largest absolute Gasteiger partial charge is 0.480 e. The van der Waals surface area contributed by atoms with Gasteiger partial charge in [-0.05, 0) is 28.1 Å². The summed E-state index contributed by atoms with van der Waals surface area (Å²) in [6.45, 7) is -0.242. The van der Waals surface area contributed by atoms with Gasteiger partial charge in [-0.3, -0.25) is 4.79 Å². The number of carboxylic acid groups (broad SMARTS) is 1. The molecule has 0 aliphatic carbocycles. The van der Waals surface area contributed by atoms with Crippen molar-refractivity contribution in [2.75, 3.05) is 0 Å². The van der Waals surface area contributed by atoms with Crippen LogP contribution in [-0.2, 0) is 17.8 Å². The first kappa shape index (κ1) is 13.4. The molecule has 3 rings (SSSR count). The highest BCUT2D eigenvalue weighted by Gasteiger charge is 2.13. The second-order valence-electron chi connectivity index (χ2n) is 4.48. The predicted octanol–water partition coefficient (Wildman–Crippen LogP) is 2.08. The molecule has 0 spiro atoms. The number of hydrogen-bond acceptors (Lipinski definition) is 5. The van der Waals surface area contributed by atoms with Crippen LogP contribution in [-0.4, -0.2) is 31.3 Å². The summed E-state index contributed by atoms with van der Waals surface area (Å²) in [6, 6.07) is 14.1. The van der Waals surface area contributed by atoms with Gasteiger partial charge >= 0.3 is 5.97 Å². The average Bonchev–Trinajstić information content (AvgIpc) is 3.08. The van der Waals surface area contributed by atoms with Crippen LogP contribution in [0.15, 0.2) is 42.5 Å². The molecular formula is C14H12N4O2S. The van der Waals surface area contributed by atoms with E-state index >= 15 is 0 Å². The lowest BCUT2D eigenvalue weighted by atomic mass is 10.1. The van der Waals surface area contributed by atoms with E-state index in [2.05, 4.69) is 27.7 Å². The topological polar surface area (TPSA) is 80.9 Å². The van der Waals surface area contributed by atoms with E-state index in [1.165, 1.54) is 15.1 Å². The zero-order valence-corrected chi connectivity index (χ0v) is 11.8. The molecule has 0 radical (unpaired) electrons. The van der Waals surface area contributed by atoms with Gasteiger partial charge < -0.3 is 5.11 Å². The number of carboxylic acids is 1. The van der Waals surface area contributed by atoms with E-state index in [-0.39, 0.29) is 6.54 Å². The molecule has 1 aromatic carbocycles. The van der Waals surface area contributed by atoms with Gasteiger partial charge in [0.05, 0.1) is 4.88 Å². The number of thiophene rings is 1. The van der Waals surface area contributed by atoms with E-state index in [1.54, 1.807) is 11.3 Å². The van der Waals surface area contributed by atoms with Crippen LogP contribution in [0.1, 0.15) is 10.4 Å². The van der Waals surface area contributed by atoms with Crippen LogP contribution in [0.4, 0.5) is 0 Å². The molecule has 106 valence electrons. The predicted molar refractivity (Wildman–Crippen MR) is 78.0 cm³/mol. The van der Waals surface area contributed by atoms with E-state index in [9.17, 15) is 4.79 Å². The number of hydrogen-bond donors (Lipinski definition) is 1. The zero-order valence-electron chi connectivity index (χ0n) is 11.0. The van der Waals surface area contributed by atoms with Crippen LogP contribution in [0.5, 0.6) is 0 Å². The summed E-state index contributed by atoms with van der Waals surface area (Å²) in [4.78, 5) is 12.8. The smallest absolute Gasteiger partial charge is 0.325 e. The Morgan fingerprint density at radius 3 is 2.76 bits per heavy atom. The van der Waals surface area contributed by atoms with Crippen LogP contribution >= 0.6 is 11.3 Å². The van der Waals surface area contributed by atoms with Gasteiger partial charge in [-0.2, -0.15) is 0 Å². The van der Waals surface area contributed by atoms with E-state index < -0.39 is 5.97 Å². The van der Waals surface area contributed by atoms with Crippen LogP contribution in [0.25, 0.3) is 10.7 Å². The molecule has 21 heavy (non-hydrogen) atoms. The summed E-state index contributed by atoms with van der Waals surface area (Å²) < 4.78 is 1.29. The number of tetrazole rings is 1. The first-order valence-corrected chi connectivity index (χ1v) is 7.15. The Labute approximate surface area is 124 Å². The SMILES string of the molecule is O=C(O)Cn1nnnc1-c1ccc(Cc2ccccc2)s1. The minimum absolute atomic E-state index is 0.242. The molecule has 7 heteroatoms. The number of carbonyl (C=O) groups is 1. The molecule has 0 aliphatic heterocycles. The zero-order chi connectivity index (χ0) is 14.7. The summed E-state index contributed by atoms with van der Waals surface area (Å²) in [5, 5.41) is 20.0. The average molecular weight is 300 g/mol. The lowest BCUT2D eigenvalue weighted by Gasteiger charge is -1.99. The van der Waals surface area contributed by atoms with E-state index in [0.29, 0.717) is 5.82 Å². The molecule has 1 N–H and O–H groups in total. The van der Waals surface area contributed by atoms with Crippen molar-refractivity contribution in [1.29, 1.82) is 0 Å². The number of aliphatic carboxylic acids is 1. The van der Waals surface area contributed by atoms with Crippen LogP contribution in [0.2, 0.25) is 0 Å². The summed E-state index contributed by atoms with van der Waals surface area (Å²) in [7, 11) is 0. The Hall–Kier alpha value is -2.54. The van der Waals surface area contributed by atoms with Crippen LogP contribution < -0.4 is 0 Å². The highest BCUT2D eigenvalue weighted by molar-refractivity contribution is 7.15. The molecule has 2 aromatic heterocycles. The van der Waals surface area contributed by atoms with Crippen molar-refractivity contribution in [2.45, 2.75) is 13.0 Å². The molecule has 6 nitrogen and oxygen atoms in total. The third-order valence-electron chi connectivity index (χ3n) is 2.92. The summed E-state index contributed by atoms with van der Waals surface area (Å²) >= 11 is 1.57. The minimum Gasteiger partial charge on any atom is -0.480 e. The summed E-state index contributed by atoms with van der Waals surface area (Å²) in [5.41, 5.74) is 1.23. The third-order valence-corrected chi connectivity index (χ3v) is 4.00. The Bertz CT molecular complexity index is 751. The quantitative estimate of drug-likeness (QED) is 0.780.